The van der Waals surface area contributed by atoms with Gasteiger partial charge in [-0.05, 0) is 30.1 Å². The first-order valence-electron chi connectivity index (χ1n) is 6.20. The molecule has 1 atom stereocenters. The number of rotatable bonds is 7. The highest BCUT2D eigenvalue weighted by molar-refractivity contribution is 14.1. The summed E-state index contributed by atoms with van der Waals surface area (Å²) in [6, 6.07) is 0. The molecule has 0 saturated carbocycles. The lowest BCUT2D eigenvalue weighted by molar-refractivity contribution is -0.186. The number of carbonyl (C=O) groups excluding carboxylic acids is 1. The van der Waals surface area contributed by atoms with Gasteiger partial charge in [0.2, 0.25) is 6.29 Å². The van der Waals surface area contributed by atoms with Crippen molar-refractivity contribution < 1.29 is 14.3 Å². The average molecular weight is 340 g/mol. The van der Waals surface area contributed by atoms with Gasteiger partial charge >= 0.3 is 5.97 Å². The van der Waals surface area contributed by atoms with Gasteiger partial charge in [0.1, 0.15) is 0 Å². The Labute approximate surface area is 111 Å². The quantitative estimate of drug-likeness (QED) is 0.308. The van der Waals surface area contributed by atoms with Crippen LogP contribution in [0.15, 0.2) is 0 Å². The summed E-state index contributed by atoms with van der Waals surface area (Å²) < 4.78 is 11.8. The molecule has 16 heavy (non-hydrogen) atoms. The smallest absolute Gasteiger partial charge is 0.308 e. The minimum atomic E-state index is -0.268. The van der Waals surface area contributed by atoms with E-state index in [0.717, 1.165) is 38.7 Å². The number of ether oxygens (including phenoxy) is 2. The summed E-state index contributed by atoms with van der Waals surface area (Å²) in [4.78, 5) is 11.4. The molecule has 94 valence electrons. The first kappa shape index (κ1) is 14.2. The van der Waals surface area contributed by atoms with Crippen LogP contribution in [-0.2, 0) is 14.3 Å². The molecule has 1 aliphatic rings. The van der Waals surface area contributed by atoms with E-state index in [2.05, 4.69) is 22.6 Å². The van der Waals surface area contributed by atoms with Crippen molar-refractivity contribution in [1.82, 2.24) is 0 Å². The van der Waals surface area contributed by atoms with E-state index >= 15 is 0 Å². The summed E-state index contributed by atoms with van der Waals surface area (Å²) in [5.74, 6) is -0.0960. The molecule has 3 nitrogen and oxygen atoms in total. The minimum absolute atomic E-state index is 0.0960. The standard InChI is InChI=1S/C12H21IO3/c13-9-5-2-1-3-7-11(14)16-12-8-4-6-10-15-12/h12H,1-10H2. The molecule has 1 saturated heterocycles. The second-order valence-electron chi connectivity index (χ2n) is 4.14. The predicted octanol–water partition coefficient (Wildman–Crippen LogP) is 3.44. The highest BCUT2D eigenvalue weighted by atomic mass is 127. The number of carbonyl (C=O) groups is 1. The minimum Gasteiger partial charge on any atom is -0.436 e. The van der Waals surface area contributed by atoms with Crippen LogP contribution >= 0.6 is 22.6 Å². The lowest BCUT2D eigenvalue weighted by atomic mass is 10.1. The number of esters is 1. The van der Waals surface area contributed by atoms with Crippen LogP contribution in [0.1, 0.15) is 51.4 Å². The number of unbranched alkanes of at least 4 members (excludes halogenated alkanes) is 3. The van der Waals surface area contributed by atoms with Gasteiger partial charge in [-0.1, -0.05) is 35.4 Å². The molecule has 0 amide bonds. The zero-order valence-electron chi connectivity index (χ0n) is 9.75. The Kier molecular flexibility index (Phi) is 8.19. The van der Waals surface area contributed by atoms with Crippen molar-refractivity contribution in [3.8, 4) is 0 Å². The third-order valence-corrected chi connectivity index (χ3v) is 3.43. The molecular weight excluding hydrogens is 319 g/mol. The van der Waals surface area contributed by atoms with Crippen molar-refractivity contribution in [3.63, 3.8) is 0 Å². The van der Waals surface area contributed by atoms with E-state index in [1.54, 1.807) is 0 Å². The fourth-order valence-corrected chi connectivity index (χ4v) is 2.27. The average Bonchev–Trinajstić information content (AvgIpc) is 2.30. The molecule has 1 heterocycles. The van der Waals surface area contributed by atoms with E-state index in [1.807, 2.05) is 0 Å². The summed E-state index contributed by atoms with van der Waals surface area (Å²) >= 11 is 2.38. The van der Waals surface area contributed by atoms with E-state index in [-0.39, 0.29) is 12.3 Å². The molecule has 0 bridgehead atoms. The molecule has 1 rings (SSSR count). The Balaban J connectivity index is 1.97. The molecule has 0 spiro atoms. The second kappa shape index (κ2) is 9.22. The first-order chi connectivity index (χ1) is 7.83. The molecule has 1 unspecified atom stereocenters. The zero-order chi connectivity index (χ0) is 11.6. The maximum atomic E-state index is 11.4. The SMILES string of the molecule is O=C(CCCCCCI)OC1CCCCO1. The fourth-order valence-electron chi connectivity index (χ4n) is 1.73. The van der Waals surface area contributed by atoms with Crippen molar-refractivity contribution in [2.45, 2.75) is 57.7 Å². The van der Waals surface area contributed by atoms with Crippen molar-refractivity contribution in [2.75, 3.05) is 11.0 Å². The van der Waals surface area contributed by atoms with Gasteiger partial charge in [0.05, 0.1) is 6.61 Å². The van der Waals surface area contributed by atoms with E-state index in [0.29, 0.717) is 6.42 Å². The van der Waals surface area contributed by atoms with Gasteiger partial charge in [-0.3, -0.25) is 4.79 Å². The van der Waals surface area contributed by atoms with Gasteiger partial charge in [-0.15, -0.1) is 0 Å². The fraction of sp³-hybridized carbons (Fsp3) is 0.917. The lowest BCUT2D eigenvalue weighted by Crippen LogP contribution is -2.25. The van der Waals surface area contributed by atoms with Crippen LogP contribution in [0.5, 0.6) is 0 Å². The molecule has 0 radical (unpaired) electrons. The van der Waals surface area contributed by atoms with Gasteiger partial charge in [0, 0.05) is 12.8 Å². The lowest BCUT2D eigenvalue weighted by Gasteiger charge is -2.22. The summed E-state index contributed by atoms with van der Waals surface area (Å²) in [6.07, 6.45) is 7.87. The van der Waals surface area contributed by atoms with Crippen molar-refractivity contribution in [1.29, 1.82) is 0 Å². The molecule has 0 aliphatic carbocycles. The summed E-state index contributed by atoms with van der Waals surface area (Å²) in [7, 11) is 0. The molecular formula is C12H21IO3. The number of hydrogen-bond acceptors (Lipinski definition) is 3. The van der Waals surface area contributed by atoms with Gasteiger partial charge < -0.3 is 9.47 Å². The Morgan fingerprint density at radius 1 is 1.25 bits per heavy atom. The van der Waals surface area contributed by atoms with Gasteiger partial charge in [-0.25, -0.2) is 0 Å². The third-order valence-electron chi connectivity index (χ3n) is 2.67. The van der Waals surface area contributed by atoms with Crippen LogP contribution in [0.3, 0.4) is 0 Å². The van der Waals surface area contributed by atoms with Crippen LogP contribution in [0, 0.1) is 0 Å². The Morgan fingerprint density at radius 2 is 2.06 bits per heavy atom. The summed E-state index contributed by atoms with van der Waals surface area (Å²) in [5, 5.41) is 0. The van der Waals surface area contributed by atoms with E-state index < -0.39 is 0 Å². The molecule has 1 fully saturated rings. The first-order valence-corrected chi connectivity index (χ1v) is 7.72. The van der Waals surface area contributed by atoms with Crippen LogP contribution in [-0.4, -0.2) is 23.3 Å². The molecule has 0 aromatic carbocycles. The normalized spacial score (nSPS) is 20.7. The second-order valence-corrected chi connectivity index (χ2v) is 5.22. The number of hydrogen-bond donors (Lipinski definition) is 0. The van der Waals surface area contributed by atoms with Crippen LogP contribution in [0.4, 0.5) is 0 Å². The number of alkyl halides is 1. The van der Waals surface area contributed by atoms with E-state index in [4.69, 9.17) is 9.47 Å². The summed E-state index contributed by atoms with van der Waals surface area (Å²) in [6.45, 7) is 0.730. The highest BCUT2D eigenvalue weighted by Gasteiger charge is 2.17. The Hall–Kier alpha value is 0.160. The van der Waals surface area contributed by atoms with Gasteiger partial charge in [-0.2, -0.15) is 0 Å². The van der Waals surface area contributed by atoms with Crippen molar-refractivity contribution in [2.24, 2.45) is 0 Å². The molecule has 4 heteroatoms. The largest absolute Gasteiger partial charge is 0.436 e. The molecule has 0 aromatic rings. The van der Waals surface area contributed by atoms with Crippen LogP contribution < -0.4 is 0 Å². The molecule has 0 N–H and O–H groups in total. The van der Waals surface area contributed by atoms with E-state index in [1.165, 1.54) is 17.3 Å². The number of halogens is 1. The van der Waals surface area contributed by atoms with Crippen LogP contribution in [0.2, 0.25) is 0 Å². The monoisotopic (exact) mass is 340 g/mol. The van der Waals surface area contributed by atoms with Crippen molar-refractivity contribution >= 4 is 28.6 Å². The predicted molar refractivity (Wildman–Crippen MR) is 71.7 cm³/mol. The third kappa shape index (κ3) is 6.68. The maximum absolute atomic E-state index is 11.4. The Morgan fingerprint density at radius 3 is 2.75 bits per heavy atom. The van der Waals surface area contributed by atoms with Gasteiger partial charge in [0.15, 0.2) is 0 Å². The van der Waals surface area contributed by atoms with Crippen molar-refractivity contribution in [3.05, 3.63) is 0 Å². The van der Waals surface area contributed by atoms with E-state index in [9.17, 15) is 4.79 Å². The topological polar surface area (TPSA) is 35.5 Å². The van der Waals surface area contributed by atoms with Gasteiger partial charge in [0.25, 0.3) is 0 Å². The highest BCUT2D eigenvalue weighted by Crippen LogP contribution is 2.15. The maximum Gasteiger partial charge on any atom is 0.308 e. The Bertz CT molecular complexity index is 191. The molecule has 0 aromatic heterocycles. The summed E-state index contributed by atoms with van der Waals surface area (Å²) in [5.41, 5.74) is 0. The van der Waals surface area contributed by atoms with Crippen LogP contribution in [0.25, 0.3) is 0 Å². The zero-order valence-corrected chi connectivity index (χ0v) is 11.9. The molecule has 1 aliphatic heterocycles.